The number of ether oxygens (including phenoxy) is 1. The first-order chi connectivity index (χ1) is 10.8. The molecule has 116 valence electrons. The zero-order valence-corrected chi connectivity index (χ0v) is 12.4. The van der Waals surface area contributed by atoms with E-state index in [1.54, 1.807) is 6.20 Å². The van der Waals surface area contributed by atoms with Crippen molar-refractivity contribution >= 4 is 11.7 Å². The van der Waals surface area contributed by atoms with Crippen molar-refractivity contribution in [2.75, 3.05) is 18.5 Å². The molecule has 0 spiro atoms. The Bertz CT molecular complexity index is 589. The number of carbonyl (C=O) groups is 1. The van der Waals surface area contributed by atoms with Crippen LogP contribution in [0.5, 0.6) is 0 Å². The van der Waals surface area contributed by atoms with Gasteiger partial charge in [0, 0.05) is 31.2 Å². The number of nitrogens with zero attached hydrogens (tertiary/aromatic N) is 2. The maximum Gasteiger partial charge on any atom is 0.319 e. The molecule has 0 radical (unpaired) electrons. The van der Waals surface area contributed by atoms with E-state index in [0.717, 1.165) is 37.2 Å². The van der Waals surface area contributed by atoms with Gasteiger partial charge in [-0.3, -0.25) is 4.68 Å². The largest absolute Gasteiger partial charge is 0.376 e. The Hall–Kier alpha value is -2.34. The molecule has 0 aliphatic carbocycles. The highest BCUT2D eigenvalue weighted by Gasteiger charge is 2.15. The highest BCUT2D eigenvalue weighted by molar-refractivity contribution is 5.89. The van der Waals surface area contributed by atoms with Crippen LogP contribution in [0.1, 0.15) is 18.4 Å². The fourth-order valence-corrected chi connectivity index (χ4v) is 2.46. The van der Waals surface area contributed by atoms with Gasteiger partial charge in [-0.1, -0.05) is 12.1 Å². The third-order valence-electron chi connectivity index (χ3n) is 3.63. The van der Waals surface area contributed by atoms with Crippen molar-refractivity contribution in [1.82, 2.24) is 15.1 Å². The van der Waals surface area contributed by atoms with Gasteiger partial charge in [0.2, 0.25) is 0 Å². The zero-order valence-electron chi connectivity index (χ0n) is 12.4. The van der Waals surface area contributed by atoms with E-state index in [-0.39, 0.29) is 12.1 Å². The lowest BCUT2D eigenvalue weighted by atomic mass is 10.2. The topological polar surface area (TPSA) is 68.2 Å². The summed E-state index contributed by atoms with van der Waals surface area (Å²) < 4.78 is 7.33. The highest BCUT2D eigenvalue weighted by atomic mass is 16.5. The first-order valence-electron chi connectivity index (χ1n) is 7.52. The fraction of sp³-hybridized carbons (Fsp3) is 0.375. The van der Waals surface area contributed by atoms with Gasteiger partial charge in [0.25, 0.3) is 0 Å². The number of hydrogen-bond acceptors (Lipinski definition) is 3. The molecule has 1 atom stereocenters. The molecule has 0 saturated carbocycles. The lowest BCUT2D eigenvalue weighted by Crippen LogP contribution is -2.35. The number of benzene rings is 1. The van der Waals surface area contributed by atoms with Crippen LogP contribution in [0.3, 0.4) is 0 Å². The van der Waals surface area contributed by atoms with Crippen molar-refractivity contribution in [2.45, 2.75) is 25.5 Å². The molecule has 6 heteroatoms. The van der Waals surface area contributed by atoms with Crippen molar-refractivity contribution in [3.63, 3.8) is 0 Å². The van der Waals surface area contributed by atoms with E-state index >= 15 is 0 Å². The number of carbonyl (C=O) groups excluding carboxylic acids is 1. The molecule has 1 aromatic heterocycles. The van der Waals surface area contributed by atoms with Crippen molar-refractivity contribution in [1.29, 1.82) is 0 Å². The van der Waals surface area contributed by atoms with Crippen LogP contribution in [-0.2, 0) is 11.3 Å². The molecule has 2 heterocycles. The predicted octanol–water partition coefficient (Wildman–Crippen LogP) is 2.23. The summed E-state index contributed by atoms with van der Waals surface area (Å²) in [6.45, 7) is 2.08. The van der Waals surface area contributed by atoms with Crippen LogP contribution in [0, 0.1) is 0 Å². The smallest absolute Gasteiger partial charge is 0.319 e. The molecule has 0 unspecified atom stereocenters. The fourth-order valence-electron chi connectivity index (χ4n) is 2.46. The van der Waals surface area contributed by atoms with Gasteiger partial charge in [0.05, 0.1) is 12.6 Å². The minimum absolute atomic E-state index is 0.155. The van der Waals surface area contributed by atoms with Crippen LogP contribution >= 0.6 is 0 Å². The monoisotopic (exact) mass is 300 g/mol. The first-order valence-corrected chi connectivity index (χ1v) is 7.52. The first kappa shape index (κ1) is 14.6. The molecule has 22 heavy (non-hydrogen) atoms. The van der Waals surface area contributed by atoms with Gasteiger partial charge in [0.15, 0.2) is 0 Å². The second-order valence-corrected chi connectivity index (χ2v) is 5.37. The Morgan fingerprint density at radius 2 is 2.23 bits per heavy atom. The average molecular weight is 300 g/mol. The van der Waals surface area contributed by atoms with Crippen LogP contribution < -0.4 is 10.6 Å². The summed E-state index contributed by atoms with van der Waals surface area (Å²) in [6, 6.07) is 9.45. The van der Waals surface area contributed by atoms with Gasteiger partial charge >= 0.3 is 6.03 Å². The lowest BCUT2D eigenvalue weighted by Gasteiger charge is -2.12. The zero-order chi connectivity index (χ0) is 15.2. The van der Waals surface area contributed by atoms with E-state index in [4.69, 9.17) is 4.74 Å². The van der Waals surface area contributed by atoms with Gasteiger partial charge in [-0.25, -0.2) is 4.79 Å². The summed E-state index contributed by atoms with van der Waals surface area (Å²) in [5.41, 5.74) is 1.91. The van der Waals surface area contributed by atoms with Crippen LogP contribution in [0.25, 0.3) is 0 Å². The number of anilines is 1. The molecule has 6 nitrogen and oxygen atoms in total. The Labute approximate surface area is 129 Å². The summed E-state index contributed by atoms with van der Waals surface area (Å²) >= 11 is 0. The molecule has 1 aliphatic heterocycles. The van der Waals surface area contributed by atoms with Gasteiger partial charge in [0.1, 0.15) is 0 Å². The summed E-state index contributed by atoms with van der Waals surface area (Å²) in [5, 5.41) is 9.83. The third-order valence-corrected chi connectivity index (χ3v) is 3.63. The summed E-state index contributed by atoms with van der Waals surface area (Å²) in [7, 11) is 0. The van der Waals surface area contributed by atoms with Crippen molar-refractivity contribution in [3.8, 4) is 0 Å². The summed E-state index contributed by atoms with van der Waals surface area (Å²) in [4.78, 5) is 11.8. The van der Waals surface area contributed by atoms with Crippen molar-refractivity contribution in [2.24, 2.45) is 0 Å². The highest BCUT2D eigenvalue weighted by Crippen LogP contribution is 2.12. The molecule has 1 saturated heterocycles. The van der Waals surface area contributed by atoms with Crippen molar-refractivity contribution < 1.29 is 9.53 Å². The second-order valence-electron chi connectivity index (χ2n) is 5.37. The Balaban J connectivity index is 1.46. The maximum atomic E-state index is 11.8. The SMILES string of the molecule is O=C(NC[C@H]1CCCO1)Nc1ccc(Cn2cccn2)cc1. The van der Waals surface area contributed by atoms with Crippen molar-refractivity contribution in [3.05, 3.63) is 48.3 Å². The Morgan fingerprint density at radius 3 is 2.91 bits per heavy atom. The van der Waals surface area contributed by atoms with Gasteiger partial charge in [-0.05, 0) is 36.6 Å². The standard InChI is InChI=1S/C16H20N4O2/c21-16(17-11-15-3-1-10-22-15)19-14-6-4-13(5-7-14)12-20-9-2-8-18-20/h2,4-9,15H,1,3,10-12H2,(H2,17,19,21)/t15-/m1/s1. The van der Waals surface area contributed by atoms with E-state index in [2.05, 4.69) is 15.7 Å². The van der Waals surface area contributed by atoms with E-state index in [0.29, 0.717) is 6.54 Å². The number of amides is 2. The number of rotatable bonds is 5. The van der Waals surface area contributed by atoms with Crippen LogP contribution in [-0.4, -0.2) is 35.1 Å². The number of nitrogens with one attached hydrogen (secondary N) is 2. The third kappa shape index (κ3) is 4.08. The minimum Gasteiger partial charge on any atom is -0.376 e. The quantitative estimate of drug-likeness (QED) is 0.889. The van der Waals surface area contributed by atoms with Crippen LogP contribution in [0.4, 0.5) is 10.5 Å². The average Bonchev–Trinajstić information content (AvgIpc) is 3.20. The van der Waals surface area contributed by atoms with Gasteiger partial charge in [-0.15, -0.1) is 0 Å². The molecule has 3 rings (SSSR count). The molecule has 1 fully saturated rings. The molecular weight excluding hydrogens is 280 g/mol. The van der Waals surface area contributed by atoms with E-state index in [9.17, 15) is 4.79 Å². The predicted molar refractivity (Wildman–Crippen MR) is 83.8 cm³/mol. The molecule has 2 amide bonds. The molecule has 0 bridgehead atoms. The second kappa shape index (κ2) is 7.09. The van der Waals surface area contributed by atoms with Crippen LogP contribution in [0.15, 0.2) is 42.7 Å². The lowest BCUT2D eigenvalue weighted by molar-refractivity contribution is 0.112. The molecule has 1 aromatic carbocycles. The van der Waals surface area contributed by atoms with Gasteiger partial charge < -0.3 is 15.4 Å². The van der Waals surface area contributed by atoms with E-state index < -0.39 is 0 Å². The number of hydrogen-bond donors (Lipinski definition) is 2. The van der Waals surface area contributed by atoms with Crippen LogP contribution in [0.2, 0.25) is 0 Å². The maximum absolute atomic E-state index is 11.8. The normalized spacial score (nSPS) is 17.4. The molecule has 1 aliphatic rings. The number of urea groups is 1. The van der Waals surface area contributed by atoms with E-state index in [1.807, 2.05) is 41.2 Å². The Morgan fingerprint density at radius 1 is 1.36 bits per heavy atom. The summed E-state index contributed by atoms with van der Waals surface area (Å²) in [6.07, 6.45) is 5.93. The molecule has 2 aromatic rings. The number of aromatic nitrogens is 2. The Kier molecular flexibility index (Phi) is 4.70. The summed E-state index contributed by atoms with van der Waals surface area (Å²) in [5.74, 6) is 0. The minimum atomic E-state index is -0.199. The van der Waals surface area contributed by atoms with E-state index in [1.165, 1.54) is 0 Å². The molecule has 2 N–H and O–H groups in total. The van der Waals surface area contributed by atoms with Gasteiger partial charge in [-0.2, -0.15) is 5.10 Å². The molecular formula is C16H20N4O2.